The topological polar surface area (TPSA) is 53.1 Å². The number of hydrogen-bond acceptors (Lipinski definition) is 3. The van der Waals surface area contributed by atoms with Gasteiger partial charge in [-0.3, -0.25) is 0 Å². The minimum atomic E-state index is 0.388. The summed E-state index contributed by atoms with van der Waals surface area (Å²) in [5.41, 5.74) is 6.80. The molecule has 2 N–H and O–H groups in total. The van der Waals surface area contributed by atoms with Crippen molar-refractivity contribution in [2.75, 3.05) is 18.9 Å². The molecule has 2 atom stereocenters. The Morgan fingerprint density at radius 2 is 2.50 bits per heavy atom. The molecule has 1 aromatic heterocycles. The molecule has 2 rings (SSSR count). The Hall–Kier alpha value is -1.03. The number of ether oxygens (including phenoxy) is 1. The van der Waals surface area contributed by atoms with E-state index in [1.54, 1.807) is 0 Å². The number of anilines is 1. The highest BCUT2D eigenvalue weighted by molar-refractivity contribution is 5.22. The van der Waals surface area contributed by atoms with Crippen LogP contribution in [-0.2, 0) is 4.74 Å². The number of nitrogens with zero attached hydrogens (tertiary/aromatic N) is 2. The van der Waals surface area contributed by atoms with Crippen molar-refractivity contribution in [1.82, 2.24) is 9.55 Å². The van der Waals surface area contributed by atoms with Crippen LogP contribution in [-0.4, -0.2) is 22.8 Å². The van der Waals surface area contributed by atoms with Crippen molar-refractivity contribution in [3.63, 3.8) is 0 Å². The van der Waals surface area contributed by atoms with E-state index in [9.17, 15) is 0 Å². The zero-order valence-corrected chi connectivity index (χ0v) is 8.73. The first-order valence-corrected chi connectivity index (χ1v) is 5.07. The Morgan fingerprint density at radius 1 is 1.71 bits per heavy atom. The van der Waals surface area contributed by atoms with Gasteiger partial charge in [0.25, 0.3) is 0 Å². The lowest BCUT2D eigenvalue weighted by atomic mass is 10.0. The van der Waals surface area contributed by atoms with Crippen LogP contribution in [0.3, 0.4) is 0 Å². The van der Waals surface area contributed by atoms with Crippen LogP contribution in [0, 0.1) is 12.8 Å². The molecular weight excluding hydrogens is 178 g/mol. The molecule has 78 valence electrons. The van der Waals surface area contributed by atoms with Gasteiger partial charge < -0.3 is 15.0 Å². The predicted molar refractivity (Wildman–Crippen MR) is 55.0 cm³/mol. The van der Waals surface area contributed by atoms with Gasteiger partial charge in [-0.05, 0) is 20.3 Å². The maximum absolute atomic E-state index is 5.82. The number of aryl methyl sites for hydroxylation is 1. The smallest absolute Gasteiger partial charge is 0.200 e. The van der Waals surface area contributed by atoms with Crippen molar-refractivity contribution in [3.8, 4) is 0 Å². The van der Waals surface area contributed by atoms with Gasteiger partial charge in [-0.15, -0.1) is 0 Å². The van der Waals surface area contributed by atoms with Crippen molar-refractivity contribution >= 4 is 5.95 Å². The lowest BCUT2D eigenvalue weighted by Gasteiger charge is -2.19. The fourth-order valence-electron chi connectivity index (χ4n) is 2.02. The number of hydrogen-bond donors (Lipinski definition) is 1. The van der Waals surface area contributed by atoms with Gasteiger partial charge in [0.05, 0.1) is 12.3 Å². The van der Waals surface area contributed by atoms with Gasteiger partial charge in [-0.1, -0.05) is 0 Å². The summed E-state index contributed by atoms with van der Waals surface area (Å²) >= 11 is 0. The lowest BCUT2D eigenvalue weighted by molar-refractivity contribution is 0.175. The molecular formula is C10H17N3O. The third-order valence-electron chi connectivity index (χ3n) is 2.97. The van der Waals surface area contributed by atoms with Crippen molar-refractivity contribution < 1.29 is 4.74 Å². The summed E-state index contributed by atoms with van der Waals surface area (Å²) < 4.78 is 7.42. The molecule has 4 heteroatoms. The van der Waals surface area contributed by atoms with Crippen LogP contribution >= 0.6 is 0 Å². The minimum Gasteiger partial charge on any atom is -0.381 e. The van der Waals surface area contributed by atoms with Gasteiger partial charge in [-0.25, -0.2) is 4.98 Å². The van der Waals surface area contributed by atoms with Crippen molar-refractivity contribution in [1.29, 1.82) is 0 Å². The maximum atomic E-state index is 5.82. The molecule has 1 aliphatic rings. The predicted octanol–water partition coefficient (Wildman–Crippen LogP) is 1.37. The summed E-state index contributed by atoms with van der Waals surface area (Å²) in [5.74, 6) is 1.19. The van der Waals surface area contributed by atoms with Gasteiger partial charge >= 0.3 is 0 Å². The number of imidazole rings is 1. The van der Waals surface area contributed by atoms with Gasteiger partial charge in [0.15, 0.2) is 0 Å². The first-order valence-electron chi connectivity index (χ1n) is 5.07. The summed E-state index contributed by atoms with van der Waals surface area (Å²) in [6, 6.07) is 0.388. The SMILES string of the molecule is Cc1cn(C(C)C2CCOC2)c(N)n1. The lowest BCUT2D eigenvalue weighted by Crippen LogP contribution is -2.17. The van der Waals surface area contributed by atoms with Crippen LogP contribution in [0.1, 0.15) is 25.1 Å². The van der Waals surface area contributed by atoms with Gasteiger partial charge in [-0.2, -0.15) is 0 Å². The van der Waals surface area contributed by atoms with Crippen molar-refractivity contribution in [2.45, 2.75) is 26.3 Å². The van der Waals surface area contributed by atoms with Gasteiger partial charge in [0.1, 0.15) is 0 Å². The Kier molecular flexibility index (Phi) is 2.46. The second-order valence-corrected chi connectivity index (χ2v) is 4.01. The molecule has 0 amide bonds. The molecule has 0 radical (unpaired) electrons. The summed E-state index contributed by atoms with van der Waals surface area (Å²) in [4.78, 5) is 4.20. The van der Waals surface area contributed by atoms with Crippen LogP contribution in [0.15, 0.2) is 6.20 Å². The van der Waals surface area contributed by atoms with Crippen molar-refractivity contribution in [2.24, 2.45) is 5.92 Å². The van der Waals surface area contributed by atoms with E-state index in [-0.39, 0.29) is 0 Å². The standard InChI is InChI=1S/C10H17N3O/c1-7-5-13(10(11)12-7)8(2)9-3-4-14-6-9/h5,8-9H,3-4,6H2,1-2H3,(H2,11,12). The average Bonchev–Trinajstić information content (AvgIpc) is 2.73. The molecule has 2 heterocycles. The van der Waals surface area contributed by atoms with Gasteiger partial charge in [0.2, 0.25) is 5.95 Å². The van der Waals surface area contributed by atoms with E-state index in [2.05, 4.69) is 16.5 Å². The number of rotatable bonds is 2. The largest absolute Gasteiger partial charge is 0.381 e. The van der Waals surface area contributed by atoms with Crippen LogP contribution in [0.2, 0.25) is 0 Å². The number of nitrogen functional groups attached to an aromatic ring is 1. The van der Waals surface area contributed by atoms with E-state index < -0.39 is 0 Å². The fraction of sp³-hybridized carbons (Fsp3) is 0.700. The first-order chi connectivity index (χ1) is 6.68. The third-order valence-corrected chi connectivity index (χ3v) is 2.97. The van der Waals surface area contributed by atoms with E-state index in [1.807, 2.05) is 13.1 Å². The molecule has 0 aromatic carbocycles. The minimum absolute atomic E-state index is 0.388. The second-order valence-electron chi connectivity index (χ2n) is 4.01. The maximum Gasteiger partial charge on any atom is 0.200 e. The highest BCUT2D eigenvalue weighted by Gasteiger charge is 2.24. The Morgan fingerprint density at radius 3 is 3.00 bits per heavy atom. The van der Waals surface area contributed by atoms with Gasteiger partial charge in [0, 0.05) is 24.8 Å². The van der Waals surface area contributed by atoms with Crippen LogP contribution < -0.4 is 5.73 Å². The molecule has 1 aromatic rings. The quantitative estimate of drug-likeness (QED) is 0.775. The van der Waals surface area contributed by atoms with Crippen LogP contribution in [0.25, 0.3) is 0 Å². The zero-order valence-electron chi connectivity index (χ0n) is 8.73. The summed E-state index contributed by atoms with van der Waals surface area (Å²) in [6.45, 7) is 5.86. The Bertz CT molecular complexity index is 315. The molecule has 1 saturated heterocycles. The number of aromatic nitrogens is 2. The molecule has 2 unspecified atom stereocenters. The molecule has 1 fully saturated rings. The average molecular weight is 195 g/mol. The summed E-state index contributed by atoms with van der Waals surface area (Å²) in [5, 5.41) is 0. The van der Waals surface area contributed by atoms with Crippen LogP contribution in [0.4, 0.5) is 5.95 Å². The molecule has 0 bridgehead atoms. The fourth-order valence-corrected chi connectivity index (χ4v) is 2.02. The van der Waals surface area contributed by atoms with Crippen LogP contribution in [0.5, 0.6) is 0 Å². The molecule has 1 aliphatic heterocycles. The first kappa shape index (κ1) is 9.52. The summed E-state index contributed by atoms with van der Waals surface area (Å²) in [6.07, 6.45) is 3.14. The molecule has 0 saturated carbocycles. The highest BCUT2D eigenvalue weighted by Crippen LogP contribution is 2.27. The zero-order chi connectivity index (χ0) is 10.1. The van der Waals surface area contributed by atoms with E-state index in [0.717, 1.165) is 25.3 Å². The molecule has 0 spiro atoms. The highest BCUT2D eigenvalue weighted by atomic mass is 16.5. The molecule has 0 aliphatic carbocycles. The monoisotopic (exact) mass is 195 g/mol. The molecule has 4 nitrogen and oxygen atoms in total. The summed E-state index contributed by atoms with van der Waals surface area (Å²) in [7, 11) is 0. The Labute approximate surface area is 84.1 Å². The Balaban J connectivity index is 2.17. The van der Waals surface area contributed by atoms with E-state index >= 15 is 0 Å². The van der Waals surface area contributed by atoms with E-state index in [4.69, 9.17) is 10.5 Å². The van der Waals surface area contributed by atoms with Crippen molar-refractivity contribution in [3.05, 3.63) is 11.9 Å². The second kappa shape index (κ2) is 3.61. The third kappa shape index (κ3) is 1.62. The van der Waals surface area contributed by atoms with E-state index in [1.165, 1.54) is 0 Å². The number of nitrogens with two attached hydrogens (primary N) is 1. The normalized spacial score (nSPS) is 24.0. The molecule has 14 heavy (non-hydrogen) atoms. The van der Waals surface area contributed by atoms with E-state index in [0.29, 0.717) is 17.9 Å².